The van der Waals surface area contributed by atoms with Gasteiger partial charge in [-0.1, -0.05) is 11.6 Å². The molecule has 0 radical (unpaired) electrons. The number of Topliss-reactive ketones (excluding diaryl/α,β-unsaturated/α-hetero) is 1. The summed E-state index contributed by atoms with van der Waals surface area (Å²) < 4.78 is 23.1. The van der Waals surface area contributed by atoms with E-state index in [1.54, 1.807) is 0 Å². The summed E-state index contributed by atoms with van der Waals surface area (Å²) in [6.45, 7) is -0.711. The minimum atomic E-state index is -1.02. The third kappa shape index (κ3) is 4.30. The van der Waals surface area contributed by atoms with E-state index in [2.05, 4.69) is 0 Å². The number of methoxy groups -OCH3 is 1. The van der Waals surface area contributed by atoms with Crippen LogP contribution in [-0.2, 0) is 4.74 Å². The first-order valence-electron chi connectivity index (χ1n) is 6.81. The van der Waals surface area contributed by atoms with Crippen molar-refractivity contribution in [1.82, 2.24) is 0 Å². The lowest BCUT2D eigenvalue weighted by Crippen LogP contribution is -2.15. The van der Waals surface area contributed by atoms with Crippen molar-refractivity contribution in [1.29, 1.82) is 0 Å². The Bertz CT molecular complexity index is 855. The number of esters is 1. The molecule has 2 aromatic carbocycles. The molecule has 0 aliphatic carbocycles. The third-order valence-electron chi connectivity index (χ3n) is 3.18. The zero-order chi connectivity index (χ0) is 18.6. The number of carbonyl (C=O) groups is 2. The van der Waals surface area contributed by atoms with E-state index in [1.807, 2.05) is 0 Å². The summed E-state index contributed by atoms with van der Waals surface area (Å²) in [4.78, 5) is 34.2. The van der Waals surface area contributed by atoms with E-state index in [-0.39, 0.29) is 27.6 Å². The van der Waals surface area contributed by atoms with Gasteiger partial charge in [0.05, 0.1) is 28.2 Å². The SMILES string of the molecule is COc1ccc(F)cc1C(=O)COC(=O)c1cc([N+](=O)[O-])ccc1Cl. The summed E-state index contributed by atoms with van der Waals surface area (Å²) in [5, 5.41) is 10.7. The van der Waals surface area contributed by atoms with E-state index < -0.39 is 29.1 Å². The van der Waals surface area contributed by atoms with Gasteiger partial charge in [-0.15, -0.1) is 0 Å². The number of nitro groups is 1. The fourth-order valence-corrected chi connectivity index (χ4v) is 2.16. The Hall–Kier alpha value is -3.00. The van der Waals surface area contributed by atoms with E-state index in [1.165, 1.54) is 19.2 Å². The van der Waals surface area contributed by atoms with Crippen molar-refractivity contribution in [2.75, 3.05) is 13.7 Å². The number of hydrogen-bond donors (Lipinski definition) is 0. The molecule has 0 bridgehead atoms. The number of hydrogen-bond acceptors (Lipinski definition) is 6. The van der Waals surface area contributed by atoms with Crippen molar-refractivity contribution in [3.8, 4) is 5.75 Å². The zero-order valence-corrected chi connectivity index (χ0v) is 13.6. The molecule has 0 saturated carbocycles. The molecule has 9 heteroatoms. The topological polar surface area (TPSA) is 95.7 Å². The van der Waals surface area contributed by atoms with Crippen LogP contribution in [0.15, 0.2) is 36.4 Å². The lowest BCUT2D eigenvalue weighted by atomic mass is 10.1. The van der Waals surface area contributed by atoms with E-state index in [4.69, 9.17) is 21.1 Å². The number of carbonyl (C=O) groups excluding carboxylic acids is 2. The van der Waals surface area contributed by atoms with Crippen LogP contribution in [-0.4, -0.2) is 30.4 Å². The van der Waals surface area contributed by atoms with Gasteiger partial charge in [-0.2, -0.15) is 0 Å². The third-order valence-corrected chi connectivity index (χ3v) is 3.51. The normalized spacial score (nSPS) is 10.2. The minimum absolute atomic E-state index is 0.0635. The molecule has 25 heavy (non-hydrogen) atoms. The molecule has 0 aliphatic rings. The van der Waals surface area contributed by atoms with E-state index in [9.17, 15) is 24.1 Å². The molecule has 2 aromatic rings. The predicted molar refractivity (Wildman–Crippen MR) is 85.7 cm³/mol. The van der Waals surface area contributed by atoms with Crippen LogP contribution in [0.4, 0.5) is 10.1 Å². The molecule has 0 spiro atoms. The van der Waals surface area contributed by atoms with Crippen LogP contribution < -0.4 is 4.74 Å². The average molecular weight is 368 g/mol. The zero-order valence-electron chi connectivity index (χ0n) is 12.8. The van der Waals surface area contributed by atoms with Crippen LogP contribution in [0.1, 0.15) is 20.7 Å². The van der Waals surface area contributed by atoms with Crippen LogP contribution in [0, 0.1) is 15.9 Å². The smallest absolute Gasteiger partial charge is 0.340 e. The van der Waals surface area contributed by atoms with Gasteiger partial charge in [0.2, 0.25) is 5.78 Å². The first-order chi connectivity index (χ1) is 11.8. The van der Waals surface area contributed by atoms with Crippen LogP contribution in [0.3, 0.4) is 0 Å². The number of benzene rings is 2. The number of ether oxygens (including phenoxy) is 2. The fourth-order valence-electron chi connectivity index (χ4n) is 1.97. The molecule has 7 nitrogen and oxygen atoms in total. The second-order valence-corrected chi connectivity index (χ2v) is 5.17. The van der Waals surface area contributed by atoms with Gasteiger partial charge in [-0.05, 0) is 24.3 Å². The molecule has 0 aliphatic heterocycles. The highest BCUT2D eigenvalue weighted by molar-refractivity contribution is 6.33. The highest BCUT2D eigenvalue weighted by atomic mass is 35.5. The summed E-state index contributed by atoms with van der Waals surface area (Å²) in [5.74, 6) is -2.25. The van der Waals surface area contributed by atoms with Gasteiger partial charge in [0.1, 0.15) is 11.6 Å². The van der Waals surface area contributed by atoms with Crippen LogP contribution in [0.2, 0.25) is 5.02 Å². The minimum Gasteiger partial charge on any atom is -0.496 e. The summed E-state index contributed by atoms with van der Waals surface area (Å²) in [6.07, 6.45) is 0. The van der Waals surface area contributed by atoms with Gasteiger partial charge in [0, 0.05) is 12.1 Å². The second kappa shape index (κ2) is 7.71. The fraction of sp³-hybridized carbons (Fsp3) is 0.125. The number of rotatable bonds is 6. The van der Waals surface area contributed by atoms with Crippen molar-refractivity contribution < 1.29 is 28.4 Å². The molecule has 130 valence electrons. The van der Waals surface area contributed by atoms with Crippen LogP contribution >= 0.6 is 11.6 Å². The first-order valence-corrected chi connectivity index (χ1v) is 7.19. The van der Waals surface area contributed by atoms with Gasteiger partial charge in [0.15, 0.2) is 6.61 Å². The van der Waals surface area contributed by atoms with Crippen molar-refractivity contribution >= 4 is 29.0 Å². The molecule has 2 rings (SSSR count). The van der Waals surface area contributed by atoms with Crippen molar-refractivity contribution in [3.05, 3.63) is 68.5 Å². The van der Waals surface area contributed by atoms with Crippen LogP contribution in [0.5, 0.6) is 5.75 Å². The van der Waals surface area contributed by atoms with Crippen LogP contribution in [0.25, 0.3) is 0 Å². The molecule has 0 fully saturated rings. The maximum absolute atomic E-state index is 13.3. The maximum Gasteiger partial charge on any atom is 0.340 e. The molecule has 0 amide bonds. The van der Waals surface area contributed by atoms with E-state index >= 15 is 0 Å². The molecule has 0 atom stereocenters. The summed E-state index contributed by atoms with van der Waals surface area (Å²) in [6, 6.07) is 6.58. The van der Waals surface area contributed by atoms with Crippen molar-refractivity contribution in [2.45, 2.75) is 0 Å². The maximum atomic E-state index is 13.3. The summed E-state index contributed by atoms with van der Waals surface area (Å²) in [7, 11) is 1.30. The van der Waals surface area contributed by atoms with Gasteiger partial charge in [-0.3, -0.25) is 14.9 Å². The van der Waals surface area contributed by atoms with E-state index in [0.717, 1.165) is 24.3 Å². The number of nitro benzene ring substituents is 1. The lowest BCUT2D eigenvalue weighted by molar-refractivity contribution is -0.384. The highest BCUT2D eigenvalue weighted by Gasteiger charge is 2.20. The summed E-state index contributed by atoms with van der Waals surface area (Å²) in [5.41, 5.74) is -0.704. The standard InChI is InChI=1S/C16H11ClFNO6/c1-24-15-5-2-9(18)6-12(15)14(20)8-25-16(21)11-7-10(19(22)23)3-4-13(11)17/h2-7H,8H2,1H3. The molecular weight excluding hydrogens is 357 g/mol. The Morgan fingerprint density at radius 3 is 2.56 bits per heavy atom. The van der Waals surface area contributed by atoms with E-state index in [0.29, 0.717) is 0 Å². The second-order valence-electron chi connectivity index (χ2n) is 4.77. The Balaban J connectivity index is 2.15. The largest absolute Gasteiger partial charge is 0.496 e. The number of non-ortho nitro benzene ring substituents is 1. The monoisotopic (exact) mass is 367 g/mol. The Kier molecular flexibility index (Phi) is 5.66. The highest BCUT2D eigenvalue weighted by Crippen LogP contribution is 2.23. The molecule has 0 saturated heterocycles. The molecule has 0 unspecified atom stereocenters. The predicted octanol–water partition coefficient (Wildman–Crippen LogP) is 3.44. The average Bonchev–Trinajstić information content (AvgIpc) is 2.59. The lowest BCUT2D eigenvalue weighted by Gasteiger charge is -2.09. The Labute approximate surface area is 146 Å². The molecular formula is C16H11ClFNO6. The van der Waals surface area contributed by atoms with Gasteiger partial charge >= 0.3 is 5.97 Å². The van der Waals surface area contributed by atoms with Crippen molar-refractivity contribution in [3.63, 3.8) is 0 Å². The van der Waals surface area contributed by atoms with Gasteiger partial charge < -0.3 is 9.47 Å². The van der Waals surface area contributed by atoms with Crippen molar-refractivity contribution in [2.24, 2.45) is 0 Å². The number of halogens is 2. The van der Waals surface area contributed by atoms with Gasteiger partial charge in [0.25, 0.3) is 5.69 Å². The molecule has 0 N–H and O–H groups in total. The number of nitrogens with zero attached hydrogens (tertiary/aromatic N) is 1. The quantitative estimate of drug-likeness (QED) is 0.336. The first kappa shape index (κ1) is 18.3. The Morgan fingerprint density at radius 1 is 1.20 bits per heavy atom. The van der Waals surface area contributed by atoms with Gasteiger partial charge in [-0.25, -0.2) is 9.18 Å². The molecule has 0 aromatic heterocycles. The number of ketones is 1. The Morgan fingerprint density at radius 2 is 1.92 bits per heavy atom. The summed E-state index contributed by atoms with van der Waals surface area (Å²) >= 11 is 5.82. The molecule has 0 heterocycles.